The van der Waals surface area contributed by atoms with Crippen molar-refractivity contribution in [1.29, 1.82) is 0 Å². The van der Waals surface area contributed by atoms with Crippen LogP contribution in [0.1, 0.15) is 17.5 Å². The van der Waals surface area contributed by atoms with E-state index in [-0.39, 0.29) is 6.10 Å². The molecule has 1 aliphatic rings. The van der Waals surface area contributed by atoms with Crippen molar-refractivity contribution in [3.63, 3.8) is 0 Å². The van der Waals surface area contributed by atoms with Gasteiger partial charge < -0.3 is 4.74 Å². The van der Waals surface area contributed by atoms with Crippen molar-refractivity contribution in [1.82, 2.24) is 0 Å². The smallest absolute Gasteiger partial charge is 0.134 e. The summed E-state index contributed by atoms with van der Waals surface area (Å²) < 4.78 is 7.18. The van der Waals surface area contributed by atoms with Crippen LogP contribution in [0.4, 0.5) is 0 Å². The van der Waals surface area contributed by atoms with E-state index in [1.165, 1.54) is 32.7 Å². The highest BCUT2D eigenvalue weighted by Gasteiger charge is 2.22. The van der Waals surface area contributed by atoms with Gasteiger partial charge in [0, 0.05) is 11.4 Å². The number of hydrogen-bond donors (Lipinski definition) is 0. The second-order valence-electron chi connectivity index (χ2n) is 7.14. The highest BCUT2D eigenvalue weighted by atomic mass is 79.9. The van der Waals surface area contributed by atoms with Gasteiger partial charge in [0.15, 0.2) is 0 Å². The standard InChI is InChI=1S/C24H18BrClO/c25-23-14-17(26)7-12-24(23)27-18-8-11-20-16(13-18)6-10-21-19-4-2-1-3-15(19)5-9-22(20)21/h1-7,9-10,12,14,18H,8,11,13H2. The largest absolute Gasteiger partial charge is 0.489 e. The Kier molecular flexibility index (Phi) is 4.34. The molecule has 1 nitrogen and oxygen atoms in total. The second-order valence-corrected chi connectivity index (χ2v) is 8.43. The fourth-order valence-corrected chi connectivity index (χ4v) is 4.96. The summed E-state index contributed by atoms with van der Waals surface area (Å²) in [6, 6.07) is 23.4. The third kappa shape index (κ3) is 3.11. The van der Waals surface area contributed by atoms with Gasteiger partial charge in [-0.1, -0.05) is 60.1 Å². The summed E-state index contributed by atoms with van der Waals surface area (Å²) in [5.41, 5.74) is 2.88. The van der Waals surface area contributed by atoms with E-state index in [1.54, 1.807) is 0 Å². The van der Waals surface area contributed by atoms with Crippen LogP contribution in [0.5, 0.6) is 5.75 Å². The molecule has 134 valence electrons. The van der Waals surface area contributed by atoms with Crippen LogP contribution in [0.15, 0.2) is 71.2 Å². The van der Waals surface area contributed by atoms with Gasteiger partial charge in [-0.2, -0.15) is 0 Å². The van der Waals surface area contributed by atoms with Gasteiger partial charge in [-0.05, 0) is 79.6 Å². The number of hydrogen-bond acceptors (Lipinski definition) is 1. The first-order valence-electron chi connectivity index (χ1n) is 9.23. The minimum Gasteiger partial charge on any atom is -0.489 e. The molecule has 27 heavy (non-hydrogen) atoms. The Morgan fingerprint density at radius 3 is 2.63 bits per heavy atom. The van der Waals surface area contributed by atoms with E-state index in [0.717, 1.165) is 29.5 Å². The summed E-state index contributed by atoms with van der Waals surface area (Å²) in [5.74, 6) is 0.861. The average Bonchev–Trinajstić information content (AvgIpc) is 2.69. The number of halogens is 2. The summed E-state index contributed by atoms with van der Waals surface area (Å²) in [4.78, 5) is 0. The lowest BCUT2D eigenvalue weighted by Gasteiger charge is -2.27. The zero-order valence-corrected chi connectivity index (χ0v) is 17.1. The molecule has 4 aromatic rings. The SMILES string of the molecule is Clc1ccc(OC2CCc3c(ccc4c3ccc3ccccc34)C2)c(Br)c1. The van der Waals surface area contributed by atoms with Crippen molar-refractivity contribution in [2.45, 2.75) is 25.4 Å². The maximum absolute atomic E-state index is 6.27. The quantitative estimate of drug-likeness (QED) is 0.298. The Balaban J connectivity index is 1.49. The first-order valence-corrected chi connectivity index (χ1v) is 10.4. The summed E-state index contributed by atoms with van der Waals surface area (Å²) in [7, 11) is 0. The van der Waals surface area contributed by atoms with Gasteiger partial charge in [-0.15, -0.1) is 0 Å². The predicted octanol–water partition coefficient (Wildman–Crippen LogP) is 7.35. The van der Waals surface area contributed by atoms with Gasteiger partial charge in [0.1, 0.15) is 11.9 Å². The molecule has 1 unspecified atom stereocenters. The molecule has 0 spiro atoms. The van der Waals surface area contributed by atoms with Crippen LogP contribution in [0.3, 0.4) is 0 Å². The van der Waals surface area contributed by atoms with Crippen LogP contribution in [0.2, 0.25) is 5.02 Å². The molecule has 0 saturated carbocycles. The van der Waals surface area contributed by atoms with Gasteiger partial charge in [0.25, 0.3) is 0 Å². The van der Waals surface area contributed by atoms with Crippen LogP contribution >= 0.6 is 27.5 Å². The first kappa shape index (κ1) is 17.1. The summed E-state index contributed by atoms with van der Waals surface area (Å²) in [6.45, 7) is 0. The topological polar surface area (TPSA) is 9.23 Å². The molecule has 0 bridgehead atoms. The van der Waals surface area contributed by atoms with E-state index in [4.69, 9.17) is 16.3 Å². The highest BCUT2D eigenvalue weighted by molar-refractivity contribution is 9.10. The Morgan fingerprint density at radius 1 is 0.889 bits per heavy atom. The van der Waals surface area contributed by atoms with Crippen molar-refractivity contribution < 1.29 is 4.74 Å². The van der Waals surface area contributed by atoms with Gasteiger partial charge in [0.05, 0.1) is 4.47 Å². The molecule has 0 aliphatic heterocycles. The van der Waals surface area contributed by atoms with Crippen molar-refractivity contribution in [2.75, 3.05) is 0 Å². The van der Waals surface area contributed by atoms with Gasteiger partial charge in [-0.3, -0.25) is 0 Å². The van der Waals surface area contributed by atoms with E-state index < -0.39 is 0 Å². The monoisotopic (exact) mass is 436 g/mol. The van der Waals surface area contributed by atoms with Crippen molar-refractivity contribution in [2.24, 2.45) is 0 Å². The number of rotatable bonds is 2. The van der Waals surface area contributed by atoms with Crippen LogP contribution in [0.25, 0.3) is 21.5 Å². The van der Waals surface area contributed by atoms with Crippen LogP contribution in [0, 0.1) is 0 Å². The molecule has 0 heterocycles. The molecule has 0 aromatic heterocycles. The van der Waals surface area contributed by atoms with Gasteiger partial charge in [0.2, 0.25) is 0 Å². The minimum atomic E-state index is 0.188. The van der Waals surface area contributed by atoms with Gasteiger partial charge in [-0.25, -0.2) is 0 Å². The van der Waals surface area contributed by atoms with Crippen molar-refractivity contribution in [3.8, 4) is 5.75 Å². The molecule has 4 aromatic carbocycles. The van der Waals surface area contributed by atoms with E-state index in [0.29, 0.717) is 5.02 Å². The first-order chi connectivity index (χ1) is 13.2. The Bertz CT molecular complexity index is 1170. The van der Waals surface area contributed by atoms with Crippen molar-refractivity contribution in [3.05, 3.63) is 87.4 Å². The minimum absolute atomic E-state index is 0.188. The zero-order chi connectivity index (χ0) is 18.4. The lowest BCUT2D eigenvalue weighted by molar-refractivity contribution is 0.184. The molecular weight excluding hydrogens is 420 g/mol. The Labute approximate surface area is 172 Å². The molecule has 0 saturated heterocycles. The molecule has 0 fully saturated rings. The maximum Gasteiger partial charge on any atom is 0.134 e. The number of fused-ring (bicyclic) bond motifs is 5. The molecule has 1 aliphatic carbocycles. The average molecular weight is 438 g/mol. The number of benzene rings is 4. The molecule has 3 heteroatoms. The van der Waals surface area contributed by atoms with Gasteiger partial charge >= 0.3 is 0 Å². The molecule has 1 atom stereocenters. The maximum atomic E-state index is 6.27. The van der Waals surface area contributed by atoms with E-state index in [1.807, 2.05) is 18.2 Å². The molecular formula is C24H18BrClO. The Morgan fingerprint density at radius 2 is 1.74 bits per heavy atom. The summed E-state index contributed by atoms with van der Waals surface area (Å²) >= 11 is 9.59. The molecule has 0 N–H and O–H groups in total. The van der Waals surface area contributed by atoms with E-state index in [2.05, 4.69) is 64.5 Å². The van der Waals surface area contributed by atoms with Crippen LogP contribution < -0.4 is 4.74 Å². The van der Waals surface area contributed by atoms with Crippen molar-refractivity contribution >= 4 is 49.1 Å². The third-order valence-corrected chi connectivity index (χ3v) is 6.34. The second kappa shape index (κ2) is 6.85. The van der Waals surface area contributed by atoms with E-state index >= 15 is 0 Å². The molecule has 0 radical (unpaired) electrons. The number of ether oxygens (including phenoxy) is 1. The molecule has 0 amide bonds. The fraction of sp³-hybridized carbons (Fsp3) is 0.167. The zero-order valence-electron chi connectivity index (χ0n) is 14.7. The molecule has 5 rings (SSSR count). The third-order valence-electron chi connectivity index (χ3n) is 5.49. The Hall–Kier alpha value is -2.03. The lowest BCUT2D eigenvalue weighted by atomic mass is 9.85. The summed E-state index contributed by atoms with van der Waals surface area (Å²) in [6.07, 6.45) is 3.19. The fourth-order valence-electron chi connectivity index (χ4n) is 4.19. The summed E-state index contributed by atoms with van der Waals surface area (Å²) in [5, 5.41) is 6.08. The van der Waals surface area contributed by atoms with Crippen LogP contribution in [-0.4, -0.2) is 6.10 Å². The lowest BCUT2D eigenvalue weighted by Crippen LogP contribution is -2.25. The predicted molar refractivity (Wildman–Crippen MR) is 117 cm³/mol. The van der Waals surface area contributed by atoms with Crippen LogP contribution in [-0.2, 0) is 12.8 Å². The highest BCUT2D eigenvalue weighted by Crippen LogP contribution is 2.35. The van der Waals surface area contributed by atoms with E-state index in [9.17, 15) is 0 Å². The number of aryl methyl sites for hydroxylation is 1. The normalized spacial score (nSPS) is 16.4.